The monoisotopic (exact) mass is 215 g/mol. The summed E-state index contributed by atoms with van der Waals surface area (Å²) in [7, 11) is 1.63. The van der Waals surface area contributed by atoms with Gasteiger partial charge in [-0.1, -0.05) is 6.07 Å². The molecule has 2 aromatic rings. The van der Waals surface area contributed by atoms with E-state index in [9.17, 15) is 4.79 Å². The van der Waals surface area contributed by atoms with E-state index in [1.807, 2.05) is 31.3 Å². The van der Waals surface area contributed by atoms with Gasteiger partial charge in [-0.15, -0.1) is 0 Å². The minimum absolute atomic E-state index is 0.0773. The van der Waals surface area contributed by atoms with Gasteiger partial charge in [0.05, 0.1) is 5.69 Å². The van der Waals surface area contributed by atoms with Gasteiger partial charge in [0.2, 0.25) is 0 Å². The number of aromatic nitrogens is 2. The molecule has 0 aliphatic heterocycles. The van der Waals surface area contributed by atoms with Crippen LogP contribution in [0.5, 0.6) is 0 Å². The lowest BCUT2D eigenvalue weighted by molar-refractivity contribution is 0.0962. The Kier molecular flexibility index (Phi) is 2.72. The normalized spacial score (nSPS) is 10.1. The molecule has 0 saturated carbocycles. The zero-order chi connectivity index (χ0) is 11.5. The van der Waals surface area contributed by atoms with E-state index in [4.69, 9.17) is 0 Å². The van der Waals surface area contributed by atoms with Gasteiger partial charge in [0, 0.05) is 25.0 Å². The van der Waals surface area contributed by atoms with E-state index in [0.29, 0.717) is 5.56 Å². The van der Waals surface area contributed by atoms with Gasteiger partial charge in [-0.05, 0) is 30.7 Å². The van der Waals surface area contributed by atoms with Gasteiger partial charge in [0.25, 0.3) is 5.91 Å². The van der Waals surface area contributed by atoms with Crippen LogP contribution in [0.25, 0.3) is 5.69 Å². The molecule has 82 valence electrons. The van der Waals surface area contributed by atoms with Gasteiger partial charge < -0.3 is 5.32 Å². The predicted octanol–water partition coefficient (Wildman–Crippen LogP) is 1.54. The van der Waals surface area contributed by atoms with E-state index in [2.05, 4.69) is 10.4 Å². The molecule has 1 heterocycles. The lowest BCUT2D eigenvalue weighted by Gasteiger charge is -2.10. The summed E-state index contributed by atoms with van der Waals surface area (Å²) in [5.41, 5.74) is 2.52. The number of hydrogen-bond donors (Lipinski definition) is 1. The van der Waals surface area contributed by atoms with Gasteiger partial charge in [-0.25, -0.2) is 4.68 Å². The van der Waals surface area contributed by atoms with E-state index >= 15 is 0 Å². The first kappa shape index (κ1) is 10.4. The highest BCUT2D eigenvalue weighted by Crippen LogP contribution is 2.17. The van der Waals surface area contributed by atoms with Crippen LogP contribution < -0.4 is 5.32 Å². The Hall–Kier alpha value is -2.10. The van der Waals surface area contributed by atoms with Crippen molar-refractivity contribution in [3.05, 3.63) is 47.8 Å². The Morgan fingerprint density at radius 1 is 1.38 bits per heavy atom. The van der Waals surface area contributed by atoms with E-state index < -0.39 is 0 Å². The number of benzene rings is 1. The Morgan fingerprint density at radius 2 is 2.19 bits per heavy atom. The Morgan fingerprint density at radius 3 is 2.81 bits per heavy atom. The molecule has 16 heavy (non-hydrogen) atoms. The fourth-order valence-corrected chi connectivity index (χ4v) is 1.66. The van der Waals surface area contributed by atoms with Crippen molar-refractivity contribution in [3.8, 4) is 5.69 Å². The number of carbonyl (C=O) groups excluding carboxylic acids is 1. The summed E-state index contributed by atoms with van der Waals surface area (Å²) in [5, 5.41) is 6.78. The molecule has 4 heteroatoms. The second-order valence-electron chi connectivity index (χ2n) is 3.48. The van der Waals surface area contributed by atoms with Crippen LogP contribution >= 0.6 is 0 Å². The highest BCUT2D eigenvalue weighted by molar-refractivity contribution is 5.96. The predicted molar refractivity (Wildman–Crippen MR) is 61.7 cm³/mol. The molecule has 0 aliphatic rings. The molecule has 2 rings (SSSR count). The van der Waals surface area contributed by atoms with Gasteiger partial charge >= 0.3 is 0 Å². The summed E-state index contributed by atoms with van der Waals surface area (Å²) < 4.78 is 1.75. The third kappa shape index (κ3) is 1.69. The second kappa shape index (κ2) is 4.18. The third-order valence-electron chi connectivity index (χ3n) is 2.53. The van der Waals surface area contributed by atoms with Crippen molar-refractivity contribution in [3.63, 3.8) is 0 Å². The van der Waals surface area contributed by atoms with Crippen molar-refractivity contribution in [1.82, 2.24) is 15.1 Å². The number of rotatable bonds is 2. The largest absolute Gasteiger partial charge is 0.355 e. The number of hydrogen-bond acceptors (Lipinski definition) is 2. The van der Waals surface area contributed by atoms with Crippen LogP contribution in [0.1, 0.15) is 15.9 Å². The van der Waals surface area contributed by atoms with Crippen LogP contribution in [-0.4, -0.2) is 22.7 Å². The SMILES string of the molecule is CNC(=O)c1cccc(-n2cccn2)c1C. The first-order chi connectivity index (χ1) is 7.74. The van der Waals surface area contributed by atoms with Crippen molar-refractivity contribution in [1.29, 1.82) is 0 Å². The van der Waals surface area contributed by atoms with Gasteiger partial charge in [-0.2, -0.15) is 5.10 Å². The van der Waals surface area contributed by atoms with Crippen molar-refractivity contribution >= 4 is 5.91 Å². The molecule has 4 nitrogen and oxygen atoms in total. The maximum atomic E-state index is 11.6. The van der Waals surface area contributed by atoms with Gasteiger partial charge in [-0.3, -0.25) is 4.79 Å². The molecular weight excluding hydrogens is 202 g/mol. The van der Waals surface area contributed by atoms with E-state index in [-0.39, 0.29) is 5.91 Å². The molecule has 0 fully saturated rings. The molecule has 1 N–H and O–H groups in total. The minimum atomic E-state index is -0.0773. The van der Waals surface area contributed by atoms with Crippen LogP contribution in [0.3, 0.4) is 0 Å². The fourth-order valence-electron chi connectivity index (χ4n) is 1.66. The standard InChI is InChI=1S/C12H13N3O/c1-9-10(12(16)13-2)5-3-6-11(9)15-8-4-7-14-15/h3-8H,1-2H3,(H,13,16). The summed E-state index contributed by atoms with van der Waals surface area (Å²) in [6.07, 6.45) is 3.57. The Balaban J connectivity index is 2.53. The van der Waals surface area contributed by atoms with Crippen molar-refractivity contribution < 1.29 is 4.79 Å². The number of nitrogens with one attached hydrogen (secondary N) is 1. The number of carbonyl (C=O) groups is 1. The topological polar surface area (TPSA) is 46.9 Å². The molecule has 1 aromatic carbocycles. The molecule has 0 bridgehead atoms. The maximum absolute atomic E-state index is 11.6. The lowest BCUT2D eigenvalue weighted by Crippen LogP contribution is -2.19. The highest BCUT2D eigenvalue weighted by atomic mass is 16.1. The molecular formula is C12H13N3O. The average Bonchev–Trinajstić information content (AvgIpc) is 2.82. The van der Waals surface area contributed by atoms with Crippen molar-refractivity contribution in [2.24, 2.45) is 0 Å². The van der Waals surface area contributed by atoms with Crippen molar-refractivity contribution in [2.75, 3.05) is 7.05 Å². The van der Waals surface area contributed by atoms with Crippen LogP contribution in [0.15, 0.2) is 36.7 Å². The van der Waals surface area contributed by atoms with Crippen LogP contribution in [0.4, 0.5) is 0 Å². The molecule has 1 aromatic heterocycles. The maximum Gasteiger partial charge on any atom is 0.251 e. The molecule has 0 unspecified atom stereocenters. The first-order valence-corrected chi connectivity index (χ1v) is 5.05. The molecule has 1 amide bonds. The van der Waals surface area contributed by atoms with E-state index in [0.717, 1.165) is 11.3 Å². The quantitative estimate of drug-likeness (QED) is 0.826. The second-order valence-corrected chi connectivity index (χ2v) is 3.48. The summed E-state index contributed by atoms with van der Waals surface area (Å²) in [5.74, 6) is -0.0773. The summed E-state index contributed by atoms with van der Waals surface area (Å²) in [6, 6.07) is 7.45. The molecule has 0 radical (unpaired) electrons. The average molecular weight is 215 g/mol. The van der Waals surface area contributed by atoms with Crippen LogP contribution in [0.2, 0.25) is 0 Å². The Bertz CT molecular complexity index is 503. The smallest absolute Gasteiger partial charge is 0.251 e. The zero-order valence-corrected chi connectivity index (χ0v) is 9.27. The van der Waals surface area contributed by atoms with E-state index in [1.165, 1.54) is 0 Å². The molecule has 0 saturated heterocycles. The van der Waals surface area contributed by atoms with Crippen LogP contribution in [-0.2, 0) is 0 Å². The fraction of sp³-hybridized carbons (Fsp3) is 0.167. The molecule has 0 aliphatic carbocycles. The van der Waals surface area contributed by atoms with E-state index in [1.54, 1.807) is 24.0 Å². The summed E-state index contributed by atoms with van der Waals surface area (Å²) in [4.78, 5) is 11.6. The number of amides is 1. The third-order valence-corrected chi connectivity index (χ3v) is 2.53. The van der Waals surface area contributed by atoms with Gasteiger partial charge in [0.1, 0.15) is 0 Å². The van der Waals surface area contributed by atoms with Crippen molar-refractivity contribution in [2.45, 2.75) is 6.92 Å². The minimum Gasteiger partial charge on any atom is -0.355 e. The number of nitrogens with zero attached hydrogens (tertiary/aromatic N) is 2. The van der Waals surface area contributed by atoms with Gasteiger partial charge in [0.15, 0.2) is 0 Å². The zero-order valence-electron chi connectivity index (χ0n) is 9.27. The summed E-state index contributed by atoms with van der Waals surface area (Å²) >= 11 is 0. The molecule has 0 spiro atoms. The summed E-state index contributed by atoms with van der Waals surface area (Å²) in [6.45, 7) is 1.92. The molecule has 0 atom stereocenters. The first-order valence-electron chi connectivity index (χ1n) is 5.05. The lowest BCUT2D eigenvalue weighted by atomic mass is 10.1. The Labute approximate surface area is 93.9 Å². The highest BCUT2D eigenvalue weighted by Gasteiger charge is 2.10. The van der Waals surface area contributed by atoms with Crippen LogP contribution in [0, 0.1) is 6.92 Å².